The Bertz CT molecular complexity index is 168. The predicted octanol–water partition coefficient (Wildman–Crippen LogP) is -0.974. The van der Waals surface area contributed by atoms with Gasteiger partial charge in [0.15, 0.2) is 0 Å². The maximum absolute atomic E-state index is 10.7. The maximum atomic E-state index is 10.7. The van der Waals surface area contributed by atoms with Crippen LogP contribution in [0.1, 0.15) is 0 Å². The van der Waals surface area contributed by atoms with Crippen LogP contribution in [0.15, 0.2) is 0 Å². The first-order valence-electron chi connectivity index (χ1n) is 3.64. The number of nitrogens with one attached hydrogen (secondary N) is 1. The van der Waals surface area contributed by atoms with Crippen LogP contribution in [0.2, 0.25) is 4.43 Å². The van der Waals surface area contributed by atoms with Gasteiger partial charge in [0, 0.05) is 5.75 Å². The van der Waals surface area contributed by atoms with Crippen LogP contribution < -0.4 is 11.1 Å². The fraction of sp³-hybridized carbons (Fsp3) is 0.667. The summed E-state index contributed by atoms with van der Waals surface area (Å²) >= 11 is 4.79. The van der Waals surface area contributed by atoms with Gasteiger partial charge in [-0.2, -0.15) is 12.6 Å². The van der Waals surface area contributed by atoms with Crippen molar-refractivity contribution in [3.8, 4) is 0 Å². The first-order valence-corrected chi connectivity index (χ1v) is 9.77. The summed E-state index contributed by atoms with van der Waals surface area (Å²) in [6.45, 7) is -0.402. The summed E-state index contributed by atoms with van der Waals surface area (Å²) in [5, 5.41) is 10.3. The van der Waals surface area contributed by atoms with Crippen LogP contribution in [0.3, 0.4) is 0 Å². The van der Waals surface area contributed by atoms with Crippen LogP contribution >= 0.6 is 12.6 Å². The zero-order valence-electron chi connectivity index (χ0n) is 7.49. The molecule has 1 amide bonds. The molecule has 5 nitrogen and oxygen atoms in total. The molecule has 0 heterocycles. The summed E-state index contributed by atoms with van der Waals surface area (Å²) in [5.41, 5.74) is 5.22. The van der Waals surface area contributed by atoms with Gasteiger partial charge in [0.05, 0.1) is 6.04 Å². The molecule has 0 spiro atoms. The van der Waals surface area contributed by atoms with Crippen LogP contribution in [0.4, 0.5) is 0 Å². The minimum atomic E-state index is -1.09. The molecule has 73 valence electrons. The number of carbonyl (C=O) groups is 2. The van der Waals surface area contributed by atoms with E-state index in [9.17, 15) is 9.59 Å². The zero-order chi connectivity index (χ0) is 10.9. The topological polar surface area (TPSA) is 92.4 Å². The Labute approximate surface area is 98.8 Å². The molecule has 13 heavy (non-hydrogen) atoms. The molecule has 0 aromatic rings. The van der Waals surface area contributed by atoms with E-state index >= 15 is 0 Å². The SMILES string of the molecule is N[C@@H](CS)C(=O)NCC(=O)O.[CH3][Hg]. The summed E-state index contributed by atoms with van der Waals surface area (Å²) in [6.07, 6.45) is 0. The molecule has 4 N–H and O–H groups in total. The van der Waals surface area contributed by atoms with E-state index in [-0.39, 0.29) is 5.75 Å². The van der Waals surface area contributed by atoms with Crippen LogP contribution in [-0.2, 0) is 35.7 Å². The summed E-state index contributed by atoms with van der Waals surface area (Å²) in [6, 6.07) is -0.738. The van der Waals surface area contributed by atoms with E-state index in [0.29, 0.717) is 0 Å². The Balaban J connectivity index is 0. The Morgan fingerprint density at radius 1 is 1.62 bits per heavy atom. The average molecular weight is 394 g/mol. The third kappa shape index (κ3) is 10.1. The van der Waals surface area contributed by atoms with Crippen molar-refractivity contribution in [1.82, 2.24) is 5.32 Å². The van der Waals surface area contributed by atoms with E-state index in [4.69, 9.17) is 10.8 Å². The first-order chi connectivity index (χ1) is 6.07. The van der Waals surface area contributed by atoms with Gasteiger partial charge in [-0.15, -0.1) is 0 Å². The minimum absolute atomic E-state index is 0.200. The number of nitrogens with two attached hydrogens (primary N) is 1. The monoisotopic (exact) mass is 395 g/mol. The number of rotatable bonds is 4. The van der Waals surface area contributed by atoms with E-state index < -0.39 is 24.5 Å². The second-order valence-electron chi connectivity index (χ2n) is 1.90. The standard InChI is InChI=1S/C5H10N2O3S.CH3.Hg/c6-3(2-11)5(10)7-1-4(8)9;;/h3,11H,1-2,6H2,(H,7,10)(H,8,9);1H3;/t3-;;/m0../s1. The van der Waals surface area contributed by atoms with Crippen molar-refractivity contribution in [2.45, 2.75) is 10.5 Å². The number of aliphatic carboxylic acids is 1. The molecule has 0 aliphatic rings. The van der Waals surface area contributed by atoms with Crippen molar-refractivity contribution in [2.24, 2.45) is 5.73 Å². The van der Waals surface area contributed by atoms with Gasteiger partial charge in [0.2, 0.25) is 5.91 Å². The van der Waals surface area contributed by atoms with Gasteiger partial charge in [-0.25, -0.2) is 0 Å². The van der Waals surface area contributed by atoms with Gasteiger partial charge < -0.3 is 16.2 Å². The molecule has 7 heteroatoms. The molecule has 0 saturated carbocycles. The Morgan fingerprint density at radius 2 is 2.08 bits per heavy atom. The molecular formula is C6H13HgN2O3S. The van der Waals surface area contributed by atoms with E-state index in [1.165, 1.54) is 0 Å². The van der Waals surface area contributed by atoms with E-state index in [0.717, 1.165) is 26.1 Å². The van der Waals surface area contributed by atoms with Crippen molar-refractivity contribution in [2.75, 3.05) is 12.3 Å². The molecule has 0 aromatic carbocycles. The van der Waals surface area contributed by atoms with Crippen molar-refractivity contribution in [1.29, 1.82) is 0 Å². The molecule has 0 fully saturated rings. The summed E-state index contributed by atoms with van der Waals surface area (Å²) in [5.74, 6) is -1.39. The number of amides is 1. The van der Waals surface area contributed by atoms with Crippen molar-refractivity contribution < 1.29 is 40.8 Å². The number of thiol groups is 1. The summed E-state index contributed by atoms with van der Waals surface area (Å²) in [4.78, 5) is 20.7. The Morgan fingerprint density at radius 3 is 2.38 bits per heavy atom. The molecule has 0 aliphatic carbocycles. The normalized spacial score (nSPS) is 10.8. The number of hydrogen-bond acceptors (Lipinski definition) is 4. The number of carboxylic acid groups (broad SMARTS) is 1. The van der Waals surface area contributed by atoms with E-state index in [1.807, 2.05) is 0 Å². The third-order valence-electron chi connectivity index (χ3n) is 0.947. The van der Waals surface area contributed by atoms with Gasteiger partial charge in [0.25, 0.3) is 0 Å². The van der Waals surface area contributed by atoms with E-state index in [2.05, 4.69) is 22.4 Å². The fourth-order valence-corrected chi connectivity index (χ4v) is 0.543. The quantitative estimate of drug-likeness (QED) is 0.365. The first kappa shape index (κ1) is 15.6. The van der Waals surface area contributed by atoms with Crippen molar-refractivity contribution >= 4 is 24.5 Å². The summed E-state index contributed by atoms with van der Waals surface area (Å²) < 4.78 is 2.19. The molecule has 0 saturated heterocycles. The molecule has 1 atom stereocenters. The van der Waals surface area contributed by atoms with Crippen LogP contribution in [-0.4, -0.2) is 35.3 Å². The van der Waals surface area contributed by atoms with Crippen LogP contribution in [0.25, 0.3) is 0 Å². The predicted molar refractivity (Wildman–Crippen MR) is 48.3 cm³/mol. The molecule has 0 aliphatic heterocycles. The zero-order valence-corrected chi connectivity index (χ0v) is 13.9. The van der Waals surface area contributed by atoms with Crippen molar-refractivity contribution in [3.63, 3.8) is 0 Å². The van der Waals surface area contributed by atoms with Gasteiger partial charge in [-0.05, 0) is 0 Å². The molecule has 0 rings (SSSR count). The van der Waals surface area contributed by atoms with Crippen LogP contribution in [0, 0.1) is 0 Å². The number of carbonyl (C=O) groups excluding carboxylic acids is 1. The molecule has 0 aromatic heterocycles. The second-order valence-corrected chi connectivity index (χ2v) is 2.27. The average Bonchev–Trinajstić information content (AvgIpc) is 2.16. The van der Waals surface area contributed by atoms with Gasteiger partial charge >= 0.3 is 36.5 Å². The Kier molecular flexibility index (Phi) is 12.4. The Hall–Kier alpha value is 0.185. The number of hydrogen-bond donors (Lipinski definition) is 4. The molecule has 0 unspecified atom stereocenters. The van der Waals surface area contributed by atoms with Gasteiger partial charge in [-0.3, -0.25) is 9.59 Å². The molecule has 0 bridgehead atoms. The molecular weight excluding hydrogens is 381 g/mol. The van der Waals surface area contributed by atoms with Gasteiger partial charge in [0.1, 0.15) is 6.54 Å². The van der Waals surface area contributed by atoms with Crippen LogP contribution in [0.5, 0.6) is 0 Å². The fourth-order valence-electron chi connectivity index (χ4n) is 0.377. The molecule has 0 radical (unpaired) electrons. The van der Waals surface area contributed by atoms with E-state index in [1.54, 1.807) is 0 Å². The van der Waals surface area contributed by atoms with Gasteiger partial charge in [-0.1, -0.05) is 0 Å². The summed E-state index contributed by atoms with van der Waals surface area (Å²) in [7, 11) is 0. The van der Waals surface area contributed by atoms with Crippen molar-refractivity contribution in [3.05, 3.63) is 0 Å². The second kappa shape index (κ2) is 10.3. The third-order valence-corrected chi connectivity index (χ3v) is 1.34. The number of carboxylic acids is 1.